The Morgan fingerprint density at radius 2 is 1.70 bits per heavy atom. The summed E-state index contributed by atoms with van der Waals surface area (Å²) in [5, 5.41) is 2.88. The van der Waals surface area contributed by atoms with Crippen molar-refractivity contribution in [2.24, 2.45) is 0 Å². The molecule has 0 aromatic heterocycles. The number of hydrogen-bond acceptors (Lipinski definition) is 1. The van der Waals surface area contributed by atoms with E-state index in [1.54, 1.807) is 6.08 Å². The van der Waals surface area contributed by atoms with Crippen molar-refractivity contribution in [2.75, 3.05) is 5.32 Å². The number of nitrogens with one attached hydrogen (secondary N) is 1. The number of carbonyl (C=O) groups is 1. The van der Waals surface area contributed by atoms with E-state index in [1.807, 2.05) is 61.5 Å². The molecule has 2 aromatic carbocycles. The molecule has 0 saturated carbocycles. The minimum atomic E-state index is -0.150. The van der Waals surface area contributed by atoms with Gasteiger partial charge >= 0.3 is 0 Å². The maximum Gasteiger partial charge on any atom is 0.248 e. The van der Waals surface area contributed by atoms with Gasteiger partial charge in [0.1, 0.15) is 0 Å². The molecule has 20 heavy (non-hydrogen) atoms. The molecule has 1 amide bonds. The minimum absolute atomic E-state index is 0.150. The first-order valence-electron chi connectivity index (χ1n) is 6.46. The number of hydrogen-bond donors (Lipinski definition) is 1. The highest BCUT2D eigenvalue weighted by molar-refractivity contribution is 6.03. The Morgan fingerprint density at radius 3 is 2.40 bits per heavy atom. The Kier molecular flexibility index (Phi) is 4.51. The van der Waals surface area contributed by atoms with Gasteiger partial charge in [0.15, 0.2) is 0 Å². The van der Waals surface area contributed by atoms with Gasteiger partial charge in [0, 0.05) is 17.3 Å². The summed E-state index contributed by atoms with van der Waals surface area (Å²) in [6.07, 6.45) is 3.32. The Hall–Kier alpha value is -2.61. The van der Waals surface area contributed by atoms with Crippen LogP contribution in [0.5, 0.6) is 0 Å². The number of anilines is 1. The average Bonchev–Trinajstić information content (AvgIpc) is 2.46. The van der Waals surface area contributed by atoms with Gasteiger partial charge in [0.05, 0.1) is 0 Å². The number of benzene rings is 2. The van der Waals surface area contributed by atoms with Gasteiger partial charge in [0.25, 0.3) is 0 Å². The van der Waals surface area contributed by atoms with Crippen LogP contribution in [0, 0.1) is 0 Å². The number of allylic oxidation sites excluding steroid dienone is 1. The summed E-state index contributed by atoms with van der Waals surface area (Å²) in [6, 6.07) is 17.4. The molecule has 0 heterocycles. The molecule has 0 bridgehead atoms. The summed E-state index contributed by atoms with van der Waals surface area (Å²) in [5.74, 6) is -0.150. The lowest BCUT2D eigenvalue weighted by molar-refractivity contribution is -0.111. The Labute approximate surface area is 119 Å². The molecule has 2 heteroatoms. The van der Waals surface area contributed by atoms with Gasteiger partial charge in [-0.2, -0.15) is 0 Å². The molecular formula is C18H17NO. The molecule has 0 aliphatic rings. The van der Waals surface area contributed by atoms with E-state index in [9.17, 15) is 4.79 Å². The standard InChI is InChI=1S/C18H17NO/c1-14(2)16-10-6-7-11-17(16)19-18(20)13-12-15-8-4-3-5-9-15/h3-13H,1H2,2H3,(H,19,20)/b13-12+. The second-order valence-corrected chi connectivity index (χ2v) is 4.56. The zero-order chi connectivity index (χ0) is 14.4. The van der Waals surface area contributed by atoms with Gasteiger partial charge in [0.2, 0.25) is 5.91 Å². The lowest BCUT2D eigenvalue weighted by atomic mass is 10.1. The fourth-order valence-corrected chi connectivity index (χ4v) is 1.87. The van der Waals surface area contributed by atoms with Crippen LogP contribution in [-0.2, 0) is 4.79 Å². The molecule has 0 fully saturated rings. The predicted molar refractivity (Wildman–Crippen MR) is 85.3 cm³/mol. The summed E-state index contributed by atoms with van der Waals surface area (Å²) < 4.78 is 0. The third kappa shape index (κ3) is 3.69. The van der Waals surface area contributed by atoms with Crippen molar-refractivity contribution in [3.8, 4) is 0 Å². The fourth-order valence-electron chi connectivity index (χ4n) is 1.87. The van der Waals surface area contributed by atoms with Crippen LogP contribution in [0.2, 0.25) is 0 Å². The highest BCUT2D eigenvalue weighted by Gasteiger charge is 2.04. The summed E-state index contributed by atoms with van der Waals surface area (Å²) in [5.41, 5.74) is 3.65. The Balaban J connectivity index is 2.09. The normalized spacial score (nSPS) is 10.4. The van der Waals surface area contributed by atoms with Gasteiger partial charge in [-0.15, -0.1) is 0 Å². The van der Waals surface area contributed by atoms with Gasteiger partial charge in [-0.1, -0.05) is 55.1 Å². The Morgan fingerprint density at radius 1 is 1.05 bits per heavy atom. The molecule has 1 N–H and O–H groups in total. The van der Waals surface area contributed by atoms with Crippen molar-refractivity contribution >= 4 is 23.2 Å². The van der Waals surface area contributed by atoms with E-state index in [2.05, 4.69) is 11.9 Å². The lowest BCUT2D eigenvalue weighted by Crippen LogP contribution is -2.09. The molecule has 100 valence electrons. The maximum atomic E-state index is 11.9. The van der Waals surface area contributed by atoms with Crippen LogP contribution in [0.25, 0.3) is 11.6 Å². The van der Waals surface area contributed by atoms with Crippen molar-refractivity contribution in [2.45, 2.75) is 6.92 Å². The molecule has 0 aliphatic carbocycles. The molecule has 0 saturated heterocycles. The predicted octanol–water partition coefficient (Wildman–Crippen LogP) is 4.37. The molecule has 2 nitrogen and oxygen atoms in total. The van der Waals surface area contributed by atoms with Crippen molar-refractivity contribution in [1.82, 2.24) is 0 Å². The van der Waals surface area contributed by atoms with E-state index in [4.69, 9.17) is 0 Å². The summed E-state index contributed by atoms with van der Waals surface area (Å²) >= 11 is 0. The first-order chi connectivity index (χ1) is 9.66. The molecule has 0 aliphatic heterocycles. The van der Waals surface area contributed by atoms with Crippen molar-refractivity contribution in [3.05, 3.63) is 78.4 Å². The van der Waals surface area contributed by atoms with Crippen LogP contribution < -0.4 is 5.32 Å². The molecule has 0 atom stereocenters. The van der Waals surface area contributed by atoms with E-state index in [-0.39, 0.29) is 5.91 Å². The number of rotatable bonds is 4. The minimum Gasteiger partial charge on any atom is -0.322 e. The molecule has 0 spiro atoms. The third-order valence-electron chi connectivity index (χ3n) is 2.87. The zero-order valence-corrected chi connectivity index (χ0v) is 11.5. The highest BCUT2D eigenvalue weighted by Crippen LogP contribution is 2.21. The second-order valence-electron chi connectivity index (χ2n) is 4.56. The number of carbonyl (C=O) groups excluding carboxylic acids is 1. The van der Waals surface area contributed by atoms with E-state index < -0.39 is 0 Å². The highest BCUT2D eigenvalue weighted by atomic mass is 16.1. The number of amides is 1. The SMILES string of the molecule is C=C(C)c1ccccc1NC(=O)/C=C/c1ccccc1. The van der Waals surface area contributed by atoms with Crippen LogP contribution in [0.3, 0.4) is 0 Å². The largest absolute Gasteiger partial charge is 0.322 e. The van der Waals surface area contributed by atoms with E-state index in [0.29, 0.717) is 0 Å². The zero-order valence-electron chi connectivity index (χ0n) is 11.5. The molecule has 0 unspecified atom stereocenters. The van der Waals surface area contributed by atoms with E-state index in [0.717, 1.165) is 22.4 Å². The fraction of sp³-hybridized carbons (Fsp3) is 0.0556. The second kappa shape index (κ2) is 6.53. The van der Waals surface area contributed by atoms with Crippen LogP contribution in [0.1, 0.15) is 18.1 Å². The summed E-state index contributed by atoms with van der Waals surface area (Å²) in [7, 11) is 0. The summed E-state index contributed by atoms with van der Waals surface area (Å²) in [4.78, 5) is 11.9. The monoisotopic (exact) mass is 263 g/mol. The first kappa shape index (κ1) is 13.8. The smallest absolute Gasteiger partial charge is 0.248 e. The van der Waals surface area contributed by atoms with Gasteiger partial charge in [-0.05, 0) is 30.2 Å². The van der Waals surface area contributed by atoms with Crippen LogP contribution in [-0.4, -0.2) is 5.91 Å². The van der Waals surface area contributed by atoms with Crippen molar-refractivity contribution < 1.29 is 4.79 Å². The van der Waals surface area contributed by atoms with Crippen LogP contribution in [0.15, 0.2) is 67.3 Å². The molecular weight excluding hydrogens is 246 g/mol. The quantitative estimate of drug-likeness (QED) is 0.815. The lowest BCUT2D eigenvalue weighted by Gasteiger charge is -2.09. The number of para-hydroxylation sites is 1. The van der Waals surface area contributed by atoms with Crippen molar-refractivity contribution in [3.63, 3.8) is 0 Å². The van der Waals surface area contributed by atoms with Gasteiger partial charge < -0.3 is 5.32 Å². The summed E-state index contributed by atoms with van der Waals surface area (Å²) in [6.45, 7) is 5.84. The Bertz CT molecular complexity index is 641. The average molecular weight is 263 g/mol. The van der Waals surface area contributed by atoms with E-state index >= 15 is 0 Å². The molecule has 2 aromatic rings. The van der Waals surface area contributed by atoms with Gasteiger partial charge in [-0.25, -0.2) is 0 Å². The maximum absolute atomic E-state index is 11.9. The van der Waals surface area contributed by atoms with Crippen molar-refractivity contribution in [1.29, 1.82) is 0 Å². The van der Waals surface area contributed by atoms with E-state index in [1.165, 1.54) is 6.08 Å². The molecule has 2 rings (SSSR count). The van der Waals surface area contributed by atoms with Crippen LogP contribution >= 0.6 is 0 Å². The third-order valence-corrected chi connectivity index (χ3v) is 2.87. The first-order valence-corrected chi connectivity index (χ1v) is 6.46. The molecule has 0 radical (unpaired) electrons. The van der Waals surface area contributed by atoms with Gasteiger partial charge in [-0.3, -0.25) is 4.79 Å². The van der Waals surface area contributed by atoms with Crippen LogP contribution in [0.4, 0.5) is 5.69 Å². The topological polar surface area (TPSA) is 29.1 Å².